The van der Waals surface area contributed by atoms with E-state index in [0.717, 1.165) is 23.8 Å². The van der Waals surface area contributed by atoms with Crippen molar-refractivity contribution >= 4 is 28.3 Å². The van der Waals surface area contributed by atoms with Crippen LogP contribution in [0, 0.1) is 6.92 Å². The molecule has 0 spiro atoms. The van der Waals surface area contributed by atoms with Crippen LogP contribution in [0.4, 0.5) is 0 Å². The number of rotatable bonds is 10. The fourth-order valence-corrected chi connectivity index (χ4v) is 3.83. The van der Waals surface area contributed by atoms with Gasteiger partial charge < -0.3 is 14.2 Å². The molecule has 0 aliphatic carbocycles. The van der Waals surface area contributed by atoms with Crippen LogP contribution in [-0.2, 0) is 0 Å². The standard InChI is InChI=1S/C28H26ClNO4/c1-19-10-11-24(22(16-19)28(31)20-8-4-3-5-9-20)34-25-12-14-30-23-18-27(33-15-7-6-13-29)26(32-2)17-21(23)25/h3-5,8-12,14,16-18H,6-7,13,15H2,1-2H3. The van der Waals surface area contributed by atoms with Crippen LogP contribution in [0.3, 0.4) is 0 Å². The average molecular weight is 476 g/mol. The first-order chi connectivity index (χ1) is 16.6. The number of fused-ring (bicyclic) bond motifs is 1. The van der Waals surface area contributed by atoms with Crippen molar-refractivity contribution in [3.8, 4) is 23.0 Å². The summed E-state index contributed by atoms with van der Waals surface area (Å²) in [6.45, 7) is 2.49. The number of hydrogen-bond acceptors (Lipinski definition) is 5. The lowest BCUT2D eigenvalue weighted by molar-refractivity contribution is 0.103. The van der Waals surface area contributed by atoms with Gasteiger partial charge in [-0.2, -0.15) is 0 Å². The maximum atomic E-state index is 13.2. The molecule has 0 aliphatic heterocycles. The van der Waals surface area contributed by atoms with Gasteiger partial charge in [-0.1, -0.05) is 42.0 Å². The molecule has 0 amide bonds. The molecule has 0 N–H and O–H groups in total. The van der Waals surface area contributed by atoms with E-state index in [0.29, 0.717) is 52.1 Å². The van der Waals surface area contributed by atoms with E-state index < -0.39 is 0 Å². The van der Waals surface area contributed by atoms with Crippen molar-refractivity contribution in [2.45, 2.75) is 19.8 Å². The van der Waals surface area contributed by atoms with Crippen molar-refractivity contribution in [1.29, 1.82) is 0 Å². The van der Waals surface area contributed by atoms with Crippen LogP contribution < -0.4 is 14.2 Å². The summed E-state index contributed by atoms with van der Waals surface area (Å²) in [5.41, 5.74) is 2.79. The molecule has 0 atom stereocenters. The monoisotopic (exact) mass is 475 g/mol. The molecule has 0 saturated heterocycles. The van der Waals surface area contributed by atoms with Gasteiger partial charge in [0.1, 0.15) is 11.5 Å². The summed E-state index contributed by atoms with van der Waals surface area (Å²) in [6.07, 6.45) is 3.41. The van der Waals surface area contributed by atoms with Crippen LogP contribution >= 0.6 is 11.6 Å². The first-order valence-corrected chi connectivity index (χ1v) is 11.7. The number of carbonyl (C=O) groups is 1. The summed E-state index contributed by atoms with van der Waals surface area (Å²) in [5, 5.41) is 0.756. The zero-order chi connectivity index (χ0) is 23.9. The number of unbranched alkanes of at least 4 members (excludes halogenated alkanes) is 1. The van der Waals surface area contributed by atoms with E-state index >= 15 is 0 Å². The number of nitrogens with zero attached hydrogens (tertiary/aromatic N) is 1. The van der Waals surface area contributed by atoms with Gasteiger partial charge in [-0.15, -0.1) is 11.6 Å². The molecule has 3 aromatic carbocycles. The molecule has 1 aromatic heterocycles. The van der Waals surface area contributed by atoms with E-state index in [1.54, 1.807) is 31.5 Å². The Hall–Kier alpha value is -3.57. The highest BCUT2D eigenvalue weighted by Crippen LogP contribution is 2.38. The van der Waals surface area contributed by atoms with E-state index in [9.17, 15) is 4.79 Å². The Labute approximate surface area is 204 Å². The van der Waals surface area contributed by atoms with Crippen LogP contribution in [0.5, 0.6) is 23.0 Å². The van der Waals surface area contributed by atoms with Crippen molar-refractivity contribution in [3.05, 3.63) is 89.6 Å². The highest BCUT2D eigenvalue weighted by Gasteiger charge is 2.18. The number of halogens is 1. The number of alkyl halides is 1. The minimum atomic E-state index is -0.0946. The molecule has 174 valence electrons. The number of ketones is 1. The van der Waals surface area contributed by atoms with E-state index in [-0.39, 0.29) is 5.78 Å². The Morgan fingerprint density at radius 1 is 0.912 bits per heavy atom. The largest absolute Gasteiger partial charge is 0.493 e. The predicted molar refractivity (Wildman–Crippen MR) is 135 cm³/mol. The van der Waals surface area contributed by atoms with Gasteiger partial charge in [-0.05, 0) is 44.0 Å². The van der Waals surface area contributed by atoms with Crippen LogP contribution in [0.1, 0.15) is 34.3 Å². The quantitative estimate of drug-likeness (QED) is 0.141. The van der Waals surface area contributed by atoms with Gasteiger partial charge in [-0.25, -0.2) is 0 Å². The van der Waals surface area contributed by atoms with Gasteiger partial charge in [0.05, 0.1) is 24.8 Å². The van der Waals surface area contributed by atoms with E-state index in [2.05, 4.69) is 4.98 Å². The van der Waals surface area contributed by atoms with Crippen molar-refractivity contribution < 1.29 is 19.0 Å². The number of hydrogen-bond donors (Lipinski definition) is 0. The lowest BCUT2D eigenvalue weighted by Crippen LogP contribution is -2.04. The Bertz CT molecular complexity index is 1290. The smallest absolute Gasteiger partial charge is 0.196 e. The molecular weight excluding hydrogens is 450 g/mol. The third-order valence-corrected chi connectivity index (χ3v) is 5.68. The number of pyridine rings is 1. The molecule has 0 unspecified atom stereocenters. The van der Waals surface area contributed by atoms with Gasteiger partial charge in [0.25, 0.3) is 0 Å². The van der Waals surface area contributed by atoms with E-state index in [1.165, 1.54) is 0 Å². The molecule has 0 fully saturated rings. The molecule has 6 heteroatoms. The fraction of sp³-hybridized carbons (Fsp3) is 0.214. The molecule has 4 aromatic rings. The zero-order valence-corrected chi connectivity index (χ0v) is 20.0. The summed E-state index contributed by atoms with van der Waals surface area (Å²) in [5.74, 6) is 2.76. The number of ether oxygens (including phenoxy) is 3. The second kappa shape index (κ2) is 11.0. The summed E-state index contributed by atoms with van der Waals surface area (Å²) < 4.78 is 17.8. The first-order valence-electron chi connectivity index (χ1n) is 11.1. The maximum absolute atomic E-state index is 13.2. The summed E-state index contributed by atoms with van der Waals surface area (Å²) in [7, 11) is 1.60. The molecule has 4 rings (SSSR count). The maximum Gasteiger partial charge on any atom is 0.196 e. The van der Waals surface area contributed by atoms with Crippen molar-refractivity contribution in [1.82, 2.24) is 4.98 Å². The van der Waals surface area contributed by atoms with Crippen LogP contribution in [0.25, 0.3) is 10.9 Å². The summed E-state index contributed by atoms with van der Waals surface area (Å²) >= 11 is 5.75. The number of methoxy groups -OCH3 is 1. The van der Waals surface area contributed by atoms with E-state index in [4.69, 9.17) is 25.8 Å². The minimum absolute atomic E-state index is 0.0946. The van der Waals surface area contributed by atoms with Gasteiger partial charge in [0.15, 0.2) is 17.3 Å². The van der Waals surface area contributed by atoms with E-state index in [1.807, 2.05) is 55.5 Å². The lowest BCUT2D eigenvalue weighted by atomic mass is 10.0. The molecule has 0 bridgehead atoms. The van der Waals surface area contributed by atoms with Crippen molar-refractivity contribution in [3.63, 3.8) is 0 Å². The SMILES string of the molecule is COc1cc2c(Oc3ccc(C)cc3C(=O)c3ccccc3)ccnc2cc1OCCCCCl. The number of benzene rings is 3. The number of carbonyl (C=O) groups excluding carboxylic acids is 1. The van der Waals surface area contributed by atoms with Gasteiger partial charge in [0, 0.05) is 29.1 Å². The van der Waals surface area contributed by atoms with Crippen molar-refractivity contribution in [2.24, 2.45) is 0 Å². The predicted octanol–water partition coefficient (Wildman–Crippen LogP) is 6.97. The second-order valence-corrected chi connectivity index (χ2v) is 8.25. The molecule has 0 aliphatic rings. The normalized spacial score (nSPS) is 10.8. The lowest BCUT2D eigenvalue weighted by Gasteiger charge is -2.15. The van der Waals surface area contributed by atoms with Crippen LogP contribution in [0.15, 0.2) is 72.9 Å². The highest BCUT2D eigenvalue weighted by atomic mass is 35.5. The molecule has 5 nitrogen and oxygen atoms in total. The zero-order valence-electron chi connectivity index (χ0n) is 19.2. The molecule has 34 heavy (non-hydrogen) atoms. The Balaban J connectivity index is 1.69. The molecule has 0 saturated carbocycles. The summed E-state index contributed by atoms with van der Waals surface area (Å²) in [4.78, 5) is 17.7. The number of aromatic nitrogens is 1. The Kier molecular flexibility index (Phi) is 7.65. The second-order valence-electron chi connectivity index (χ2n) is 7.87. The number of aryl methyl sites for hydroxylation is 1. The summed E-state index contributed by atoms with van der Waals surface area (Å²) in [6, 6.07) is 20.2. The topological polar surface area (TPSA) is 57.7 Å². The Morgan fingerprint density at radius 2 is 1.74 bits per heavy atom. The van der Waals surface area contributed by atoms with Crippen LogP contribution in [0.2, 0.25) is 0 Å². The van der Waals surface area contributed by atoms with Gasteiger partial charge in [-0.3, -0.25) is 9.78 Å². The third kappa shape index (κ3) is 5.32. The first kappa shape index (κ1) is 23.6. The minimum Gasteiger partial charge on any atom is -0.493 e. The average Bonchev–Trinajstić information content (AvgIpc) is 2.87. The van der Waals surface area contributed by atoms with Gasteiger partial charge >= 0.3 is 0 Å². The Morgan fingerprint density at radius 3 is 2.50 bits per heavy atom. The van der Waals surface area contributed by atoms with Gasteiger partial charge in [0.2, 0.25) is 0 Å². The van der Waals surface area contributed by atoms with Crippen molar-refractivity contribution in [2.75, 3.05) is 19.6 Å². The van der Waals surface area contributed by atoms with Crippen LogP contribution in [-0.4, -0.2) is 30.4 Å². The fourth-order valence-electron chi connectivity index (χ4n) is 3.64. The molecule has 0 radical (unpaired) electrons. The third-order valence-electron chi connectivity index (χ3n) is 5.41. The molecular formula is C28H26ClNO4. The highest BCUT2D eigenvalue weighted by molar-refractivity contribution is 6.17. The molecule has 1 heterocycles.